The van der Waals surface area contributed by atoms with Crippen LogP contribution < -0.4 is 5.43 Å². The Balaban J connectivity index is 1.98. The number of hydrazone groups is 1. The van der Waals surface area contributed by atoms with Gasteiger partial charge in [0.15, 0.2) is 0 Å². The van der Waals surface area contributed by atoms with Gasteiger partial charge in [0.25, 0.3) is 5.69 Å². The van der Waals surface area contributed by atoms with Gasteiger partial charge in [-0.2, -0.15) is 5.10 Å². The van der Waals surface area contributed by atoms with E-state index in [9.17, 15) is 14.9 Å². The lowest BCUT2D eigenvalue weighted by molar-refractivity contribution is -0.384. The number of nitro groups is 1. The first-order chi connectivity index (χ1) is 11.4. The van der Waals surface area contributed by atoms with Crippen LogP contribution in [0.2, 0.25) is 5.02 Å². The first-order valence-corrected chi connectivity index (χ1v) is 7.56. The predicted octanol–water partition coefficient (Wildman–Crippen LogP) is 3.56. The van der Waals surface area contributed by atoms with Crippen LogP contribution in [-0.2, 0) is 11.2 Å². The molecule has 0 aliphatic rings. The van der Waals surface area contributed by atoms with Crippen LogP contribution in [0.1, 0.15) is 22.3 Å². The fourth-order valence-corrected chi connectivity index (χ4v) is 2.25. The molecule has 0 unspecified atom stereocenters. The number of nitrogens with one attached hydrogen (secondary N) is 1. The van der Waals surface area contributed by atoms with E-state index in [0.717, 1.165) is 11.1 Å². The topological polar surface area (TPSA) is 84.6 Å². The first-order valence-electron chi connectivity index (χ1n) is 7.19. The van der Waals surface area contributed by atoms with Crippen molar-refractivity contribution in [2.45, 2.75) is 20.3 Å². The fraction of sp³-hybridized carbons (Fsp3) is 0.176. The summed E-state index contributed by atoms with van der Waals surface area (Å²) in [4.78, 5) is 22.1. The summed E-state index contributed by atoms with van der Waals surface area (Å²) in [5.74, 6) is -0.266. The van der Waals surface area contributed by atoms with Crippen molar-refractivity contribution < 1.29 is 9.72 Å². The summed E-state index contributed by atoms with van der Waals surface area (Å²) in [7, 11) is 0. The predicted molar refractivity (Wildman–Crippen MR) is 93.5 cm³/mol. The number of carbonyl (C=O) groups excluding carboxylic acids is 1. The summed E-state index contributed by atoms with van der Waals surface area (Å²) in [6, 6.07) is 10.1. The maximum atomic E-state index is 11.9. The van der Waals surface area contributed by atoms with Gasteiger partial charge in [-0.3, -0.25) is 14.9 Å². The van der Waals surface area contributed by atoms with Gasteiger partial charge in [0.05, 0.1) is 17.6 Å². The molecule has 0 atom stereocenters. The molecule has 0 saturated heterocycles. The molecule has 124 valence electrons. The Morgan fingerprint density at radius 3 is 2.67 bits per heavy atom. The minimum absolute atomic E-state index is 0.0518. The molecular weight excluding hydrogens is 330 g/mol. The second kappa shape index (κ2) is 7.70. The van der Waals surface area contributed by atoms with Crippen molar-refractivity contribution in [1.82, 2.24) is 5.43 Å². The van der Waals surface area contributed by atoms with Crippen LogP contribution in [0.25, 0.3) is 0 Å². The Kier molecular flexibility index (Phi) is 5.65. The number of rotatable bonds is 5. The van der Waals surface area contributed by atoms with Crippen molar-refractivity contribution in [1.29, 1.82) is 0 Å². The molecule has 24 heavy (non-hydrogen) atoms. The van der Waals surface area contributed by atoms with E-state index in [1.54, 1.807) is 6.07 Å². The highest BCUT2D eigenvalue weighted by Gasteiger charge is 2.11. The molecule has 0 aliphatic heterocycles. The third-order valence-corrected chi connectivity index (χ3v) is 3.83. The highest BCUT2D eigenvalue weighted by atomic mass is 35.5. The number of carbonyl (C=O) groups is 1. The Hall–Kier alpha value is -2.73. The molecule has 1 N–H and O–H groups in total. The molecular formula is C17H16ClN3O3. The molecule has 0 spiro atoms. The van der Waals surface area contributed by atoms with Crippen LogP contribution >= 0.6 is 11.6 Å². The fourth-order valence-electron chi connectivity index (χ4n) is 2.07. The van der Waals surface area contributed by atoms with Gasteiger partial charge in [-0.05, 0) is 36.6 Å². The van der Waals surface area contributed by atoms with Crippen molar-refractivity contribution in [3.05, 3.63) is 73.8 Å². The van der Waals surface area contributed by atoms with Gasteiger partial charge in [0.2, 0.25) is 5.91 Å². The Bertz CT molecular complexity index is 819. The molecule has 0 aliphatic carbocycles. The van der Waals surface area contributed by atoms with E-state index in [-0.39, 0.29) is 23.0 Å². The number of nitro benzene ring substituents is 1. The van der Waals surface area contributed by atoms with Gasteiger partial charge in [0, 0.05) is 11.6 Å². The number of benzene rings is 2. The zero-order chi connectivity index (χ0) is 17.7. The lowest BCUT2D eigenvalue weighted by atomic mass is 10.0. The number of nitrogens with zero attached hydrogens (tertiary/aromatic N) is 2. The van der Waals surface area contributed by atoms with Crippen LogP contribution in [0.3, 0.4) is 0 Å². The molecule has 2 rings (SSSR count). The standard InChI is InChI=1S/C17H16ClN3O3/c1-11-3-4-13(7-12(11)2)9-17(22)20-19-10-14-5-6-15(18)16(8-14)21(23)24/h3-8,10H,9H2,1-2H3,(H,20,22)/b19-10-. The molecule has 2 aromatic carbocycles. The van der Waals surface area contributed by atoms with Gasteiger partial charge in [-0.15, -0.1) is 0 Å². The van der Waals surface area contributed by atoms with Gasteiger partial charge in [-0.25, -0.2) is 5.43 Å². The summed E-state index contributed by atoms with van der Waals surface area (Å²) in [5.41, 5.74) is 5.86. The minimum atomic E-state index is -0.571. The zero-order valence-corrected chi connectivity index (χ0v) is 14.0. The summed E-state index contributed by atoms with van der Waals surface area (Å²) >= 11 is 5.73. The summed E-state index contributed by atoms with van der Waals surface area (Å²) in [6.07, 6.45) is 1.54. The second-order valence-corrected chi connectivity index (χ2v) is 5.76. The maximum Gasteiger partial charge on any atom is 0.288 e. The van der Waals surface area contributed by atoms with E-state index in [1.807, 2.05) is 32.0 Å². The Morgan fingerprint density at radius 1 is 1.25 bits per heavy atom. The smallest absolute Gasteiger partial charge is 0.273 e. The molecule has 2 aromatic rings. The number of hydrogen-bond acceptors (Lipinski definition) is 4. The molecule has 6 nitrogen and oxygen atoms in total. The molecule has 1 amide bonds. The average molecular weight is 346 g/mol. The van der Waals surface area contributed by atoms with Crippen LogP contribution in [0.5, 0.6) is 0 Å². The van der Waals surface area contributed by atoms with Crippen LogP contribution in [-0.4, -0.2) is 17.0 Å². The Morgan fingerprint density at radius 2 is 2.00 bits per heavy atom. The monoisotopic (exact) mass is 345 g/mol. The second-order valence-electron chi connectivity index (χ2n) is 5.36. The lowest BCUT2D eigenvalue weighted by Crippen LogP contribution is -2.19. The lowest BCUT2D eigenvalue weighted by Gasteiger charge is -2.04. The van der Waals surface area contributed by atoms with E-state index in [2.05, 4.69) is 10.5 Å². The van der Waals surface area contributed by atoms with Crippen LogP contribution in [0.15, 0.2) is 41.5 Å². The van der Waals surface area contributed by atoms with Crippen molar-refractivity contribution in [2.75, 3.05) is 0 Å². The Labute approximate surface area is 144 Å². The van der Waals surface area contributed by atoms with E-state index >= 15 is 0 Å². The largest absolute Gasteiger partial charge is 0.288 e. The number of halogens is 1. The molecule has 0 aromatic heterocycles. The normalized spacial score (nSPS) is 10.8. The van der Waals surface area contributed by atoms with Crippen molar-refractivity contribution >= 4 is 29.4 Å². The maximum absolute atomic E-state index is 11.9. The van der Waals surface area contributed by atoms with Crippen LogP contribution in [0.4, 0.5) is 5.69 Å². The van der Waals surface area contributed by atoms with E-state index in [1.165, 1.54) is 23.9 Å². The van der Waals surface area contributed by atoms with Gasteiger partial charge >= 0.3 is 0 Å². The summed E-state index contributed by atoms with van der Waals surface area (Å²) in [6.45, 7) is 4.00. The quantitative estimate of drug-likeness (QED) is 0.511. The van der Waals surface area contributed by atoms with Gasteiger partial charge in [-0.1, -0.05) is 35.9 Å². The molecule has 0 bridgehead atoms. The van der Waals surface area contributed by atoms with Crippen molar-refractivity contribution in [2.24, 2.45) is 5.10 Å². The molecule has 0 fully saturated rings. The summed E-state index contributed by atoms with van der Waals surface area (Å²) < 4.78 is 0. The highest BCUT2D eigenvalue weighted by molar-refractivity contribution is 6.32. The number of aryl methyl sites for hydroxylation is 2. The first kappa shape index (κ1) is 17.6. The molecule has 0 radical (unpaired) electrons. The van der Waals surface area contributed by atoms with E-state index < -0.39 is 4.92 Å². The van der Waals surface area contributed by atoms with E-state index in [4.69, 9.17) is 11.6 Å². The average Bonchev–Trinajstić information content (AvgIpc) is 2.52. The molecule has 0 heterocycles. The van der Waals surface area contributed by atoms with E-state index in [0.29, 0.717) is 5.56 Å². The third-order valence-electron chi connectivity index (χ3n) is 3.51. The highest BCUT2D eigenvalue weighted by Crippen LogP contribution is 2.24. The van der Waals surface area contributed by atoms with Crippen molar-refractivity contribution in [3.63, 3.8) is 0 Å². The molecule has 7 heteroatoms. The number of amides is 1. The summed E-state index contributed by atoms with van der Waals surface area (Å²) in [5, 5.41) is 14.7. The molecule has 0 saturated carbocycles. The zero-order valence-electron chi connectivity index (χ0n) is 13.2. The van der Waals surface area contributed by atoms with Crippen molar-refractivity contribution in [3.8, 4) is 0 Å². The van der Waals surface area contributed by atoms with Crippen LogP contribution in [0, 0.1) is 24.0 Å². The number of hydrogen-bond donors (Lipinski definition) is 1. The minimum Gasteiger partial charge on any atom is -0.273 e. The van der Waals surface area contributed by atoms with Gasteiger partial charge in [0.1, 0.15) is 5.02 Å². The SMILES string of the molecule is Cc1ccc(CC(=O)N/N=C\c2ccc(Cl)c([N+](=O)[O-])c2)cc1C. The van der Waals surface area contributed by atoms with Gasteiger partial charge < -0.3 is 0 Å². The third kappa shape index (κ3) is 4.63.